The topological polar surface area (TPSA) is 32.3 Å². The minimum absolute atomic E-state index is 0.354. The summed E-state index contributed by atoms with van der Waals surface area (Å²) in [5.41, 5.74) is 0. The van der Waals surface area contributed by atoms with Gasteiger partial charge in [0.2, 0.25) is 5.91 Å². The molecule has 2 unspecified atom stereocenters. The van der Waals surface area contributed by atoms with Gasteiger partial charge in [-0.15, -0.1) is 0 Å². The van der Waals surface area contributed by atoms with Crippen molar-refractivity contribution in [3.63, 3.8) is 0 Å². The summed E-state index contributed by atoms with van der Waals surface area (Å²) in [7, 11) is 0. The molecule has 0 bridgehead atoms. The van der Waals surface area contributed by atoms with Crippen LogP contribution in [0.1, 0.15) is 46.5 Å². The molecular formula is C13H26N2O. The zero-order valence-corrected chi connectivity index (χ0v) is 11.0. The van der Waals surface area contributed by atoms with Crippen LogP contribution in [0.25, 0.3) is 0 Å². The van der Waals surface area contributed by atoms with Gasteiger partial charge in [-0.2, -0.15) is 0 Å². The summed E-state index contributed by atoms with van der Waals surface area (Å²) >= 11 is 0. The molecule has 2 atom stereocenters. The van der Waals surface area contributed by atoms with E-state index in [1.807, 2.05) is 4.90 Å². The van der Waals surface area contributed by atoms with Gasteiger partial charge in [0.05, 0.1) is 0 Å². The summed E-state index contributed by atoms with van der Waals surface area (Å²) in [5.74, 6) is 0.917. The number of hydrogen-bond acceptors (Lipinski definition) is 2. The lowest BCUT2D eigenvalue weighted by Crippen LogP contribution is -2.27. The van der Waals surface area contributed by atoms with E-state index in [4.69, 9.17) is 0 Å². The Morgan fingerprint density at radius 2 is 2.25 bits per heavy atom. The molecule has 1 amide bonds. The van der Waals surface area contributed by atoms with Gasteiger partial charge < -0.3 is 10.2 Å². The minimum Gasteiger partial charge on any atom is -0.342 e. The molecule has 16 heavy (non-hydrogen) atoms. The molecule has 0 aromatic heterocycles. The number of nitrogens with one attached hydrogen (secondary N) is 1. The summed E-state index contributed by atoms with van der Waals surface area (Å²) in [5, 5.41) is 3.41. The molecule has 94 valence electrons. The van der Waals surface area contributed by atoms with E-state index >= 15 is 0 Å². The van der Waals surface area contributed by atoms with Crippen LogP contribution in [0.5, 0.6) is 0 Å². The summed E-state index contributed by atoms with van der Waals surface area (Å²) in [6.45, 7) is 9.51. The molecule has 0 aromatic rings. The fourth-order valence-electron chi connectivity index (χ4n) is 2.39. The van der Waals surface area contributed by atoms with E-state index in [1.54, 1.807) is 0 Å². The van der Waals surface area contributed by atoms with Crippen LogP contribution in [0, 0.1) is 5.92 Å². The predicted molar refractivity (Wildman–Crippen MR) is 67.4 cm³/mol. The van der Waals surface area contributed by atoms with E-state index < -0.39 is 0 Å². The third kappa shape index (κ3) is 4.52. The Balaban J connectivity index is 2.05. The SMILES string of the molecule is CCNC(C)CCCCN1CC(C)CC1=O. The van der Waals surface area contributed by atoms with Crippen LogP contribution in [0.2, 0.25) is 0 Å². The van der Waals surface area contributed by atoms with Gasteiger partial charge in [-0.3, -0.25) is 4.79 Å². The number of nitrogens with zero attached hydrogens (tertiary/aromatic N) is 1. The van der Waals surface area contributed by atoms with Crippen molar-refractivity contribution in [1.29, 1.82) is 0 Å². The Labute approximate surface area is 99.6 Å². The van der Waals surface area contributed by atoms with Gasteiger partial charge in [-0.1, -0.05) is 20.3 Å². The maximum atomic E-state index is 11.5. The average molecular weight is 226 g/mol. The molecule has 0 radical (unpaired) electrons. The number of amides is 1. The van der Waals surface area contributed by atoms with Gasteiger partial charge in [0.15, 0.2) is 0 Å². The third-order valence-electron chi connectivity index (χ3n) is 3.28. The molecule has 0 saturated carbocycles. The molecule has 3 heteroatoms. The van der Waals surface area contributed by atoms with Crippen molar-refractivity contribution in [3.05, 3.63) is 0 Å². The molecule has 1 aliphatic heterocycles. The first-order valence-electron chi connectivity index (χ1n) is 6.64. The molecule has 1 saturated heterocycles. The second-order valence-corrected chi connectivity index (χ2v) is 5.10. The van der Waals surface area contributed by atoms with Gasteiger partial charge in [-0.25, -0.2) is 0 Å². The number of hydrogen-bond donors (Lipinski definition) is 1. The van der Waals surface area contributed by atoms with Crippen molar-refractivity contribution < 1.29 is 4.79 Å². The highest BCUT2D eigenvalue weighted by Gasteiger charge is 2.25. The lowest BCUT2D eigenvalue weighted by Gasteiger charge is -2.17. The third-order valence-corrected chi connectivity index (χ3v) is 3.28. The molecule has 3 nitrogen and oxygen atoms in total. The highest BCUT2D eigenvalue weighted by molar-refractivity contribution is 5.78. The largest absolute Gasteiger partial charge is 0.342 e. The van der Waals surface area contributed by atoms with Gasteiger partial charge in [0.1, 0.15) is 0 Å². The predicted octanol–water partition coefficient (Wildman–Crippen LogP) is 2.02. The van der Waals surface area contributed by atoms with Crippen LogP contribution in [0.15, 0.2) is 0 Å². The van der Waals surface area contributed by atoms with Gasteiger partial charge in [0, 0.05) is 25.6 Å². The molecule has 1 fully saturated rings. The first kappa shape index (κ1) is 13.5. The lowest BCUT2D eigenvalue weighted by molar-refractivity contribution is -0.127. The highest BCUT2D eigenvalue weighted by atomic mass is 16.2. The molecular weight excluding hydrogens is 200 g/mol. The molecule has 0 spiro atoms. The number of carbonyl (C=O) groups excluding carboxylic acids is 1. The lowest BCUT2D eigenvalue weighted by atomic mass is 10.1. The smallest absolute Gasteiger partial charge is 0.222 e. The summed E-state index contributed by atoms with van der Waals surface area (Å²) in [6, 6.07) is 0.609. The summed E-state index contributed by atoms with van der Waals surface area (Å²) < 4.78 is 0. The molecule has 0 aliphatic carbocycles. The normalized spacial score (nSPS) is 22.8. The number of carbonyl (C=O) groups is 1. The van der Waals surface area contributed by atoms with Gasteiger partial charge in [0.25, 0.3) is 0 Å². The Bertz CT molecular complexity index is 218. The van der Waals surface area contributed by atoms with E-state index in [2.05, 4.69) is 26.1 Å². The molecule has 1 heterocycles. The van der Waals surface area contributed by atoms with E-state index in [-0.39, 0.29) is 0 Å². The first-order valence-corrected chi connectivity index (χ1v) is 6.64. The quantitative estimate of drug-likeness (QED) is 0.674. The fourth-order valence-corrected chi connectivity index (χ4v) is 2.39. The zero-order valence-electron chi connectivity index (χ0n) is 11.0. The van der Waals surface area contributed by atoms with Crippen LogP contribution in [0.4, 0.5) is 0 Å². The fraction of sp³-hybridized carbons (Fsp3) is 0.923. The summed E-state index contributed by atoms with van der Waals surface area (Å²) in [4.78, 5) is 13.6. The van der Waals surface area contributed by atoms with Crippen LogP contribution < -0.4 is 5.32 Å². The van der Waals surface area contributed by atoms with Crippen molar-refractivity contribution in [3.8, 4) is 0 Å². The Hall–Kier alpha value is -0.570. The standard InChI is InChI=1S/C13H26N2O/c1-4-14-12(3)7-5-6-8-15-10-11(2)9-13(15)16/h11-12,14H,4-10H2,1-3H3. The van der Waals surface area contributed by atoms with Gasteiger partial charge in [-0.05, 0) is 32.2 Å². The van der Waals surface area contributed by atoms with E-state index in [0.717, 1.165) is 32.5 Å². The highest BCUT2D eigenvalue weighted by Crippen LogP contribution is 2.17. The molecule has 1 aliphatic rings. The Morgan fingerprint density at radius 1 is 1.50 bits per heavy atom. The second kappa shape index (κ2) is 6.89. The maximum Gasteiger partial charge on any atom is 0.222 e. The molecule has 1 rings (SSSR count). The second-order valence-electron chi connectivity index (χ2n) is 5.10. The number of unbranched alkanes of at least 4 members (excludes halogenated alkanes) is 1. The molecule has 0 aromatic carbocycles. The Morgan fingerprint density at radius 3 is 2.81 bits per heavy atom. The van der Waals surface area contributed by atoms with Crippen molar-refractivity contribution in [2.45, 2.75) is 52.5 Å². The van der Waals surface area contributed by atoms with Gasteiger partial charge >= 0.3 is 0 Å². The minimum atomic E-state index is 0.354. The van der Waals surface area contributed by atoms with Crippen molar-refractivity contribution in [2.24, 2.45) is 5.92 Å². The average Bonchev–Trinajstić information content (AvgIpc) is 2.53. The van der Waals surface area contributed by atoms with Crippen molar-refractivity contribution >= 4 is 5.91 Å². The zero-order chi connectivity index (χ0) is 12.0. The van der Waals surface area contributed by atoms with Crippen molar-refractivity contribution in [2.75, 3.05) is 19.6 Å². The van der Waals surface area contributed by atoms with Crippen LogP contribution in [0.3, 0.4) is 0 Å². The summed E-state index contributed by atoms with van der Waals surface area (Å²) in [6.07, 6.45) is 4.33. The van der Waals surface area contributed by atoms with E-state index in [9.17, 15) is 4.79 Å². The van der Waals surface area contributed by atoms with E-state index in [1.165, 1.54) is 12.8 Å². The van der Waals surface area contributed by atoms with Crippen LogP contribution in [-0.2, 0) is 4.79 Å². The van der Waals surface area contributed by atoms with Crippen LogP contribution >= 0.6 is 0 Å². The Kier molecular flexibility index (Phi) is 5.81. The number of likely N-dealkylation sites (tertiary alicyclic amines) is 1. The maximum absolute atomic E-state index is 11.5. The molecule has 1 N–H and O–H groups in total. The van der Waals surface area contributed by atoms with E-state index in [0.29, 0.717) is 17.9 Å². The monoisotopic (exact) mass is 226 g/mol. The number of rotatable bonds is 7. The van der Waals surface area contributed by atoms with Crippen LogP contribution in [-0.4, -0.2) is 36.5 Å². The first-order chi connectivity index (χ1) is 7.63. The van der Waals surface area contributed by atoms with Crippen molar-refractivity contribution in [1.82, 2.24) is 10.2 Å².